The van der Waals surface area contributed by atoms with Gasteiger partial charge in [0, 0.05) is 25.8 Å². The van der Waals surface area contributed by atoms with Gasteiger partial charge in [0.15, 0.2) is 11.6 Å². The molecule has 0 saturated carbocycles. The van der Waals surface area contributed by atoms with E-state index >= 15 is 0 Å². The van der Waals surface area contributed by atoms with Gasteiger partial charge in [-0.1, -0.05) is 0 Å². The number of carboxylic acids is 1. The van der Waals surface area contributed by atoms with E-state index in [0.29, 0.717) is 25.5 Å². The van der Waals surface area contributed by atoms with Crippen LogP contribution in [0.4, 0.5) is 5.82 Å². The van der Waals surface area contributed by atoms with Crippen LogP contribution in [-0.4, -0.2) is 46.8 Å². The Bertz CT molecular complexity index is 402. The van der Waals surface area contributed by atoms with Crippen molar-refractivity contribution in [2.45, 2.75) is 6.04 Å². The molecule has 1 aliphatic rings. The van der Waals surface area contributed by atoms with E-state index in [1.54, 1.807) is 11.0 Å². The summed E-state index contributed by atoms with van der Waals surface area (Å²) in [6.45, 7) is 1.55. The van der Waals surface area contributed by atoms with Gasteiger partial charge in [0.25, 0.3) is 0 Å². The number of hydrogen-bond acceptors (Lipinski definition) is 5. The molecule has 0 aromatic carbocycles. The van der Waals surface area contributed by atoms with Crippen LogP contribution in [-0.2, 0) is 4.79 Å². The molecule has 2 heterocycles. The second-order valence-electron chi connectivity index (χ2n) is 3.60. The summed E-state index contributed by atoms with van der Waals surface area (Å²) >= 11 is 0. The number of aromatic nitrogens is 1. The molecule has 1 aliphatic heterocycles. The molecule has 3 N–H and O–H groups in total. The van der Waals surface area contributed by atoms with Crippen molar-refractivity contribution in [1.82, 2.24) is 10.3 Å². The van der Waals surface area contributed by atoms with E-state index in [9.17, 15) is 9.90 Å². The quantitative estimate of drug-likeness (QED) is 0.697. The minimum atomic E-state index is -0.919. The number of pyridine rings is 1. The third-order valence-corrected chi connectivity index (χ3v) is 2.57. The highest BCUT2D eigenvalue weighted by Crippen LogP contribution is 2.25. The lowest BCUT2D eigenvalue weighted by molar-refractivity contribution is -0.138. The average molecular weight is 260 g/mol. The minimum Gasteiger partial charge on any atom is -0.504 e. The second kappa shape index (κ2) is 5.70. The smallest absolute Gasteiger partial charge is 0.327 e. The first-order chi connectivity index (χ1) is 7.70. The van der Waals surface area contributed by atoms with Gasteiger partial charge in [-0.3, -0.25) is 0 Å². The summed E-state index contributed by atoms with van der Waals surface area (Å²) in [6, 6.07) is 2.43. The molecular formula is C10H14ClN3O3. The zero-order valence-electron chi connectivity index (χ0n) is 9.04. The Kier molecular flexibility index (Phi) is 4.53. The molecular weight excluding hydrogens is 246 g/mol. The van der Waals surface area contributed by atoms with E-state index in [4.69, 9.17) is 5.11 Å². The summed E-state index contributed by atoms with van der Waals surface area (Å²) in [6.07, 6.45) is 1.54. The molecule has 94 valence electrons. The van der Waals surface area contributed by atoms with E-state index in [0.717, 1.165) is 0 Å². The lowest BCUT2D eigenvalue weighted by Crippen LogP contribution is -2.55. The normalized spacial score (nSPS) is 19.5. The van der Waals surface area contributed by atoms with Gasteiger partial charge in [-0.25, -0.2) is 9.78 Å². The largest absolute Gasteiger partial charge is 0.504 e. The topological polar surface area (TPSA) is 85.7 Å². The Labute approximate surface area is 105 Å². The maximum atomic E-state index is 11.1. The fourth-order valence-corrected chi connectivity index (χ4v) is 1.79. The van der Waals surface area contributed by atoms with Crippen LogP contribution in [0.2, 0.25) is 0 Å². The number of rotatable bonds is 2. The molecule has 17 heavy (non-hydrogen) atoms. The number of nitrogens with zero attached hydrogens (tertiary/aromatic N) is 2. The van der Waals surface area contributed by atoms with Crippen LogP contribution in [0.5, 0.6) is 5.75 Å². The molecule has 0 radical (unpaired) electrons. The summed E-state index contributed by atoms with van der Waals surface area (Å²) in [4.78, 5) is 16.7. The Morgan fingerprint density at radius 2 is 2.35 bits per heavy atom. The third-order valence-electron chi connectivity index (χ3n) is 2.57. The van der Waals surface area contributed by atoms with Crippen molar-refractivity contribution in [2.75, 3.05) is 24.5 Å². The first-order valence-corrected chi connectivity index (χ1v) is 5.04. The maximum absolute atomic E-state index is 11.1. The summed E-state index contributed by atoms with van der Waals surface area (Å²) in [5.74, 6) is -0.579. The van der Waals surface area contributed by atoms with Crippen molar-refractivity contribution in [3.05, 3.63) is 18.3 Å². The summed E-state index contributed by atoms with van der Waals surface area (Å²) < 4.78 is 0. The third kappa shape index (κ3) is 2.78. The predicted molar refractivity (Wildman–Crippen MR) is 64.8 cm³/mol. The van der Waals surface area contributed by atoms with E-state index < -0.39 is 12.0 Å². The van der Waals surface area contributed by atoms with Crippen LogP contribution in [0, 0.1) is 0 Å². The van der Waals surface area contributed by atoms with Crippen LogP contribution in [0.3, 0.4) is 0 Å². The fraction of sp³-hybridized carbons (Fsp3) is 0.400. The number of aliphatic carboxylic acids is 1. The Balaban J connectivity index is 0.00000144. The van der Waals surface area contributed by atoms with E-state index in [2.05, 4.69) is 10.3 Å². The molecule has 0 bridgehead atoms. The monoisotopic (exact) mass is 259 g/mol. The maximum Gasteiger partial charge on any atom is 0.327 e. The van der Waals surface area contributed by atoms with Gasteiger partial charge in [0.1, 0.15) is 6.04 Å². The molecule has 0 amide bonds. The van der Waals surface area contributed by atoms with E-state index in [1.165, 1.54) is 12.3 Å². The molecule has 0 spiro atoms. The highest BCUT2D eigenvalue weighted by Gasteiger charge is 2.30. The van der Waals surface area contributed by atoms with Gasteiger partial charge >= 0.3 is 5.97 Å². The standard InChI is InChI=1S/C10H13N3O3.ClH/c14-8-2-1-3-12-9(8)13-5-4-11-6-7(13)10(15)16;/h1-3,7,11,14H,4-6H2,(H,15,16);1H. The first kappa shape index (κ1) is 13.5. The zero-order valence-corrected chi connectivity index (χ0v) is 9.85. The van der Waals surface area contributed by atoms with Crippen LogP contribution in [0.15, 0.2) is 18.3 Å². The number of hydrogen-bond donors (Lipinski definition) is 3. The van der Waals surface area contributed by atoms with Gasteiger partial charge in [-0.2, -0.15) is 0 Å². The van der Waals surface area contributed by atoms with Crippen molar-refractivity contribution >= 4 is 24.2 Å². The van der Waals surface area contributed by atoms with Crippen molar-refractivity contribution in [1.29, 1.82) is 0 Å². The van der Waals surface area contributed by atoms with Crippen molar-refractivity contribution < 1.29 is 15.0 Å². The molecule has 1 saturated heterocycles. The summed E-state index contributed by atoms with van der Waals surface area (Å²) in [5, 5.41) is 21.7. The first-order valence-electron chi connectivity index (χ1n) is 5.04. The SMILES string of the molecule is Cl.O=C(O)C1CNCCN1c1ncccc1O. The highest BCUT2D eigenvalue weighted by atomic mass is 35.5. The number of nitrogens with one attached hydrogen (secondary N) is 1. The molecule has 6 nitrogen and oxygen atoms in total. The van der Waals surface area contributed by atoms with Gasteiger partial charge < -0.3 is 20.4 Å². The number of piperazine rings is 1. The van der Waals surface area contributed by atoms with Crippen LogP contribution in [0.1, 0.15) is 0 Å². The van der Waals surface area contributed by atoms with Crippen molar-refractivity contribution in [3.8, 4) is 5.75 Å². The number of carbonyl (C=O) groups is 1. The fourth-order valence-electron chi connectivity index (χ4n) is 1.79. The molecule has 1 unspecified atom stereocenters. The second-order valence-corrected chi connectivity index (χ2v) is 3.60. The van der Waals surface area contributed by atoms with Crippen LogP contribution in [0.25, 0.3) is 0 Å². The highest BCUT2D eigenvalue weighted by molar-refractivity contribution is 5.85. The molecule has 1 atom stereocenters. The Morgan fingerprint density at radius 1 is 1.59 bits per heavy atom. The van der Waals surface area contributed by atoms with Crippen molar-refractivity contribution in [2.24, 2.45) is 0 Å². The van der Waals surface area contributed by atoms with E-state index in [-0.39, 0.29) is 18.2 Å². The Morgan fingerprint density at radius 3 is 3.00 bits per heavy atom. The van der Waals surface area contributed by atoms with Crippen molar-refractivity contribution in [3.63, 3.8) is 0 Å². The number of halogens is 1. The molecule has 1 aromatic rings. The van der Waals surface area contributed by atoms with Gasteiger partial charge in [0.05, 0.1) is 0 Å². The molecule has 1 aromatic heterocycles. The summed E-state index contributed by atoms with van der Waals surface area (Å²) in [7, 11) is 0. The molecule has 0 aliphatic carbocycles. The van der Waals surface area contributed by atoms with Crippen LogP contribution >= 0.6 is 12.4 Å². The molecule has 7 heteroatoms. The van der Waals surface area contributed by atoms with Gasteiger partial charge in [-0.05, 0) is 12.1 Å². The lowest BCUT2D eigenvalue weighted by Gasteiger charge is -2.34. The average Bonchev–Trinajstić information content (AvgIpc) is 2.29. The molecule has 1 fully saturated rings. The van der Waals surface area contributed by atoms with Crippen LogP contribution < -0.4 is 10.2 Å². The van der Waals surface area contributed by atoms with E-state index in [1.807, 2.05) is 0 Å². The van der Waals surface area contributed by atoms with Gasteiger partial charge in [-0.15, -0.1) is 12.4 Å². The lowest BCUT2D eigenvalue weighted by atomic mass is 10.2. The minimum absolute atomic E-state index is 0. The van der Waals surface area contributed by atoms with Gasteiger partial charge in [0.2, 0.25) is 0 Å². The number of carboxylic acid groups (broad SMARTS) is 1. The summed E-state index contributed by atoms with van der Waals surface area (Å²) in [5.41, 5.74) is 0. The molecule has 2 rings (SSSR count). The predicted octanol–water partition coefficient (Wildman–Crippen LogP) is 0.0718. The Hall–Kier alpha value is -1.53. The number of anilines is 1. The zero-order chi connectivity index (χ0) is 11.5. The number of aromatic hydroxyl groups is 1.